The zero-order valence-electron chi connectivity index (χ0n) is 13.9. The summed E-state index contributed by atoms with van der Waals surface area (Å²) in [5.74, 6) is 0.879. The van der Waals surface area contributed by atoms with E-state index in [-0.39, 0.29) is 10.8 Å². The highest BCUT2D eigenvalue weighted by Crippen LogP contribution is 2.32. The molecule has 0 fully saturated rings. The van der Waals surface area contributed by atoms with E-state index in [1.54, 1.807) is 18.2 Å². The molecule has 0 atom stereocenters. The van der Waals surface area contributed by atoms with Gasteiger partial charge in [0.25, 0.3) is 5.91 Å². The van der Waals surface area contributed by atoms with E-state index >= 15 is 0 Å². The molecule has 0 saturated heterocycles. The van der Waals surface area contributed by atoms with Crippen LogP contribution in [-0.4, -0.2) is 45.9 Å². The number of carbonyl (C=O) groups is 1. The molecule has 1 aliphatic heterocycles. The van der Waals surface area contributed by atoms with Crippen molar-refractivity contribution in [1.82, 2.24) is 4.31 Å². The fraction of sp³-hybridized carbons (Fsp3) is 0.235. The minimum absolute atomic E-state index is 0.133. The molecule has 0 aromatic heterocycles. The average molecular weight is 362 g/mol. The van der Waals surface area contributed by atoms with Gasteiger partial charge in [0.1, 0.15) is 13.2 Å². The molecule has 132 valence electrons. The Morgan fingerprint density at radius 3 is 2.28 bits per heavy atom. The van der Waals surface area contributed by atoms with Crippen molar-refractivity contribution in [3.8, 4) is 11.5 Å². The van der Waals surface area contributed by atoms with Crippen LogP contribution in [0.5, 0.6) is 11.5 Å². The van der Waals surface area contributed by atoms with E-state index in [2.05, 4.69) is 5.32 Å². The van der Waals surface area contributed by atoms with Crippen molar-refractivity contribution >= 4 is 21.6 Å². The molecule has 1 amide bonds. The van der Waals surface area contributed by atoms with Crippen molar-refractivity contribution in [2.24, 2.45) is 0 Å². The summed E-state index contributed by atoms with van der Waals surface area (Å²) in [6, 6.07) is 10.9. The van der Waals surface area contributed by atoms with Gasteiger partial charge in [0.2, 0.25) is 10.0 Å². The van der Waals surface area contributed by atoms with Gasteiger partial charge < -0.3 is 14.8 Å². The lowest BCUT2D eigenvalue weighted by molar-refractivity contribution is 0.102. The first-order chi connectivity index (χ1) is 11.9. The zero-order valence-corrected chi connectivity index (χ0v) is 14.7. The van der Waals surface area contributed by atoms with E-state index in [4.69, 9.17) is 9.47 Å². The van der Waals surface area contributed by atoms with Gasteiger partial charge in [0.05, 0.1) is 4.90 Å². The molecule has 0 spiro atoms. The van der Waals surface area contributed by atoms with Crippen molar-refractivity contribution in [2.45, 2.75) is 4.90 Å². The Bertz CT molecular complexity index is 892. The molecule has 0 saturated carbocycles. The molecular formula is C17H18N2O5S. The molecular weight excluding hydrogens is 344 g/mol. The maximum Gasteiger partial charge on any atom is 0.255 e. The average Bonchev–Trinajstić information content (AvgIpc) is 2.61. The Hall–Kier alpha value is -2.58. The summed E-state index contributed by atoms with van der Waals surface area (Å²) in [6.07, 6.45) is 0. The number of rotatable bonds is 4. The number of carbonyl (C=O) groups excluding carboxylic acids is 1. The van der Waals surface area contributed by atoms with Gasteiger partial charge in [-0.25, -0.2) is 12.7 Å². The van der Waals surface area contributed by atoms with E-state index in [0.29, 0.717) is 36.0 Å². The third-order valence-corrected chi connectivity index (χ3v) is 5.52. The van der Waals surface area contributed by atoms with E-state index < -0.39 is 10.0 Å². The van der Waals surface area contributed by atoms with Crippen LogP contribution in [0.25, 0.3) is 0 Å². The van der Waals surface area contributed by atoms with E-state index in [0.717, 1.165) is 4.31 Å². The summed E-state index contributed by atoms with van der Waals surface area (Å²) in [7, 11) is -0.605. The smallest absolute Gasteiger partial charge is 0.255 e. The lowest BCUT2D eigenvalue weighted by Gasteiger charge is -2.19. The molecule has 0 aliphatic carbocycles. The summed E-state index contributed by atoms with van der Waals surface area (Å²) in [5.41, 5.74) is 0.923. The fourth-order valence-corrected chi connectivity index (χ4v) is 3.22. The number of nitrogens with one attached hydrogen (secondary N) is 1. The largest absolute Gasteiger partial charge is 0.486 e. The zero-order chi connectivity index (χ0) is 18.0. The number of fused-ring (bicyclic) bond motifs is 1. The van der Waals surface area contributed by atoms with Gasteiger partial charge in [-0.05, 0) is 36.4 Å². The monoisotopic (exact) mass is 362 g/mol. The number of benzene rings is 2. The second-order valence-electron chi connectivity index (χ2n) is 5.62. The Morgan fingerprint density at radius 2 is 1.64 bits per heavy atom. The number of sulfonamides is 1. The number of hydrogen-bond acceptors (Lipinski definition) is 5. The Kier molecular flexibility index (Phi) is 4.65. The predicted octanol–water partition coefficient (Wildman–Crippen LogP) is 1.96. The molecule has 25 heavy (non-hydrogen) atoms. The van der Waals surface area contributed by atoms with Crippen LogP contribution in [0.4, 0.5) is 5.69 Å². The molecule has 0 bridgehead atoms. The molecule has 1 aliphatic rings. The highest BCUT2D eigenvalue weighted by molar-refractivity contribution is 7.89. The standard InChI is InChI=1S/C17H18N2O5S/c1-19(2)25(21,22)14-6-3-12(4-7-14)17(20)18-13-5-8-15-16(11-13)24-10-9-23-15/h3-8,11H,9-10H2,1-2H3,(H,18,20). The number of hydrogen-bond donors (Lipinski definition) is 1. The highest BCUT2D eigenvalue weighted by Gasteiger charge is 2.18. The Morgan fingerprint density at radius 1 is 1.00 bits per heavy atom. The van der Waals surface area contributed by atoms with Crippen LogP contribution in [0.3, 0.4) is 0 Å². The molecule has 0 radical (unpaired) electrons. The van der Waals surface area contributed by atoms with E-state index in [9.17, 15) is 13.2 Å². The van der Waals surface area contributed by atoms with Gasteiger partial charge in [-0.3, -0.25) is 4.79 Å². The van der Waals surface area contributed by atoms with Crippen LogP contribution in [0, 0.1) is 0 Å². The molecule has 0 unspecified atom stereocenters. The Balaban J connectivity index is 1.75. The molecule has 7 nitrogen and oxygen atoms in total. The van der Waals surface area contributed by atoms with E-state index in [1.165, 1.54) is 38.4 Å². The predicted molar refractivity (Wildman–Crippen MR) is 92.7 cm³/mol. The summed E-state index contributed by atoms with van der Waals surface area (Å²) in [5, 5.41) is 2.75. The molecule has 8 heteroatoms. The van der Waals surface area contributed by atoms with Gasteiger partial charge in [0, 0.05) is 31.4 Å². The van der Waals surface area contributed by atoms with Gasteiger partial charge >= 0.3 is 0 Å². The summed E-state index contributed by atoms with van der Waals surface area (Å²) >= 11 is 0. The van der Waals surface area contributed by atoms with E-state index in [1.807, 2.05) is 0 Å². The van der Waals surface area contributed by atoms with Gasteiger partial charge in [-0.2, -0.15) is 0 Å². The van der Waals surface area contributed by atoms with Crippen LogP contribution in [-0.2, 0) is 10.0 Å². The van der Waals surface area contributed by atoms with Crippen molar-refractivity contribution in [3.63, 3.8) is 0 Å². The molecule has 1 N–H and O–H groups in total. The lowest BCUT2D eigenvalue weighted by atomic mass is 10.2. The maximum atomic E-state index is 12.3. The lowest BCUT2D eigenvalue weighted by Crippen LogP contribution is -2.22. The SMILES string of the molecule is CN(C)S(=O)(=O)c1ccc(C(=O)Nc2ccc3c(c2)OCCO3)cc1. The number of anilines is 1. The topological polar surface area (TPSA) is 84.9 Å². The van der Waals surface area contributed by atoms with Gasteiger partial charge in [-0.15, -0.1) is 0 Å². The third-order valence-electron chi connectivity index (χ3n) is 3.70. The number of nitrogens with zero attached hydrogens (tertiary/aromatic N) is 1. The minimum atomic E-state index is -3.52. The molecule has 2 aromatic rings. The van der Waals surface area contributed by atoms with Crippen molar-refractivity contribution in [2.75, 3.05) is 32.6 Å². The van der Waals surface area contributed by atoms with Crippen LogP contribution in [0.2, 0.25) is 0 Å². The third kappa shape index (κ3) is 3.59. The van der Waals surface area contributed by atoms with Gasteiger partial charge in [-0.1, -0.05) is 0 Å². The first kappa shape index (κ1) is 17.2. The first-order valence-electron chi connectivity index (χ1n) is 7.61. The van der Waals surface area contributed by atoms with Crippen LogP contribution >= 0.6 is 0 Å². The normalized spacial score (nSPS) is 13.6. The van der Waals surface area contributed by atoms with Crippen molar-refractivity contribution in [3.05, 3.63) is 48.0 Å². The Labute approximate surface area is 146 Å². The maximum absolute atomic E-state index is 12.3. The second kappa shape index (κ2) is 6.73. The minimum Gasteiger partial charge on any atom is -0.486 e. The summed E-state index contributed by atoms with van der Waals surface area (Å²) < 4.78 is 36.1. The van der Waals surface area contributed by atoms with Crippen LogP contribution < -0.4 is 14.8 Å². The van der Waals surface area contributed by atoms with Crippen LogP contribution in [0.1, 0.15) is 10.4 Å². The van der Waals surface area contributed by atoms with Crippen molar-refractivity contribution < 1.29 is 22.7 Å². The first-order valence-corrected chi connectivity index (χ1v) is 9.05. The quantitative estimate of drug-likeness (QED) is 0.899. The van der Waals surface area contributed by atoms with Gasteiger partial charge in [0.15, 0.2) is 11.5 Å². The van der Waals surface area contributed by atoms with Crippen LogP contribution in [0.15, 0.2) is 47.4 Å². The van der Waals surface area contributed by atoms with Crippen molar-refractivity contribution in [1.29, 1.82) is 0 Å². The molecule has 1 heterocycles. The molecule has 2 aromatic carbocycles. The number of ether oxygens (including phenoxy) is 2. The fourth-order valence-electron chi connectivity index (χ4n) is 2.31. The molecule has 3 rings (SSSR count). The number of amides is 1. The highest BCUT2D eigenvalue weighted by atomic mass is 32.2. The summed E-state index contributed by atoms with van der Waals surface area (Å²) in [4.78, 5) is 12.5. The summed E-state index contributed by atoms with van der Waals surface area (Å²) in [6.45, 7) is 0.965. The second-order valence-corrected chi connectivity index (χ2v) is 7.78.